The average Bonchev–Trinajstić information content (AvgIpc) is 2.82. The molecule has 6 nitrogen and oxygen atoms in total. The molecular formula is C12H12Cl2N4O2. The van der Waals surface area contributed by atoms with E-state index < -0.39 is 11.5 Å². The normalized spacial score (nSPS) is 11.6. The lowest BCUT2D eigenvalue weighted by Gasteiger charge is -2.20. The number of carbonyl (C=O) groups is 1. The highest BCUT2D eigenvalue weighted by atomic mass is 35.5. The Morgan fingerprint density at radius 2 is 2.05 bits per heavy atom. The number of tetrazole rings is 1. The van der Waals surface area contributed by atoms with Crippen molar-refractivity contribution < 1.29 is 9.90 Å². The van der Waals surface area contributed by atoms with Gasteiger partial charge in [0.2, 0.25) is 0 Å². The van der Waals surface area contributed by atoms with E-state index in [0.29, 0.717) is 22.3 Å². The van der Waals surface area contributed by atoms with Crippen LogP contribution in [0.4, 0.5) is 0 Å². The van der Waals surface area contributed by atoms with E-state index in [1.807, 2.05) is 0 Å². The van der Waals surface area contributed by atoms with E-state index in [2.05, 4.69) is 15.5 Å². The number of halogens is 2. The third kappa shape index (κ3) is 2.76. The molecule has 0 saturated heterocycles. The van der Waals surface area contributed by atoms with Gasteiger partial charge in [-0.25, -0.2) is 9.48 Å². The molecule has 1 N–H and O–H groups in total. The molecule has 2 aromatic rings. The van der Waals surface area contributed by atoms with Crippen molar-refractivity contribution in [2.45, 2.75) is 25.8 Å². The molecule has 0 radical (unpaired) electrons. The smallest absolute Gasteiger partial charge is 0.331 e. The minimum Gasteiger partial charge on any atom is -0.479 e. The zero-order valence-corrected chi connectivity index (χ0v) is 12.4. The summed E-state index contributed by atoms with van der Waals surface area (Å²) in [5.74, 6) is -0.573. The van der Waals surface area contributed by atoms with Crippen molar-refractivity contribution in [3.63, 3.8) is 0 Å². The molecule has 1 heterocycles. The van der Waals surface area contributed by atoms with Gasteiger partial charge < -0.3 is 5.11 Å². The van der Waals surface area contributed by atoms with Crippen LogP contribution < -0.4 is 0 Å². The van der Waals surface area contributed by atoms with Gasteiger partial charge in [0.25, 0.3) is 0 Å². The molecule has 1 aromatic heterocycles. The number of carboxylic acid groups (broad SMARTS) is 1. The van der Waals surface area contributed by atoms with Crippen LogP contribution in [0.5, 0.6) is 0 Å². The summed E-state index contributed by atoms with van der Waals surface area (Å²) < 4.78 is 1.29. The standard InChI is InChI=1S/C12H12Cl2N4O2/c1-12(2,11(19)20)18-10(15-16-17-18)6-7-3-4-8(13)9(14)5-7/h3-5H,6H2,1-2H3,(H,19,20). The summed E-state index contributed by atoms with van der Waals surface area (Å²) >= 11 is 11.8. The van der Waals surface area contributed by atoms with Gasteiger partial charge in [-0.1, -0.05) is 29.3 Å². The quantitative estimate of drug-likeness (QED) is 0.937. The molecule has 1 aromatic carbocycles. The Bertz CT molecular complexity index is 655. The number of benzene rings is 1. The molecule has 0 spiro atoms. The van der Waals surface area contributed by atoms with Crippen molar-refractivity contribution in [2.75, 3.05) is 0 Å². The van der Waals surface area contributed by atoms with Crippen molar-refractivity contribution >= 4 is 29.2 Å². The fourth-order valence-electron chi connectivity index (χ4n) is 1.67. The van der Waals surface area contributed by atoms with Crippen LogP contribution in [0.25, 0.3) is 0 Å². The summed E-state index contributed by atoms with van der Waals surface area (Å²) in [6.07, 6.45) is 0.362. The lowest BCUT2D eigenvalue weighted by Crippen LogP contribution is -2.38. The molecule has 8 heteroatoms. The average molecular weight is 315 g/mol. The zero-order chi connectivity index (χ0) is 14.9. The van der Waals surface area contributed by atoms with E-state index in [4.69, 9.17) is 23.2 Å². The van der Waals surface area contributed by atoms with Crippen LogP contribution >= 0.6 is 23.2 Å². The number of nitrogens with zero attached hydrogens (tertiary/aromatic N) is 4. The van der Waals surface area contributed by atoms with Crippen LogP contribution in [0, 0.1) is 0 Å². The first-order chi connectivity index (χ1) is 9.32. The zero-order valence-electron chi connectivity index (χ0n) is 10.8. The van der Waals surface area contributed by atoms with Crippen LogP contribution in [0.2, 0.25) is 10.0 Å². The lowest BCUT2D eigenvalue weighted by atomic mass is 10.1. The second-order valence-corrected chi connectivity index (χ2v) is 5.61. The summed E-state index contributed by atoms with van der Waals surface area (Å²) in [4.78, 5) is 11.3. The van der Waals surface area contributed by atoms with Crippen molar-refractivity contribution in [3.05, 3.63) is 39.6 Å². The highest BCUT2D eigenvalue weighted by Crippen LogP contribution is 2.24. The molecule has 0 bridgehead atoms. The van der Waals surface area contributed by atoms with Crippen LogP contribution in [0.15, 0.2) is 18.2 Å². The number of aromatic nitrogens is 4. The van der Waals surface area contributed by atoms with Crippen molar-refractivity contribution in [1.29, 1.82) is 0 Å². The van der Waals surface area contributed by atoms with Gasteiger partial charge in [-0.05, 0) is 42.0 Å². The number of hydrogen-bond acceptors (Lipinski definition) is 4. The minimum atomic E-state index is -1.23. The molecule has 0 aliphatic rings. The molecule has 0 amide bonds. The van der Waals surface area contributed by atoms with E-state index in [1.54, 1.807) is 18.2 Å². The van der Waals surface area contributed by atoms with Crippen molar-refractivity contribution in [3.8, 4) is 0 Å². The molecular weight excluding hydrogens is 303 g/mol. The van der Waals surface area contributed by atoms with Crippen molar-refractivity contribution in [1.82, 2.24) is 20.2 Å². The van der Waals surface area contributed by atoms with Gasteiger partial charge in [0.05, 0.1) is 10.0 Å². The Labute approximate surface area is 125 Å². The van der Waals surface area contributed by atoms with Gasteiger partial charge in [0, 0.05) is 6.42 Å². The van der Waals surface area contributed by atoms with Gasteiger partial charge >= 0.3 is 5.97 Å². The minimum absolute atomic E-state index is 0.362. The van der Waals surface area contributed by atoms with E-state index in [9.17, 15) is 9.90 Å². The Morgan fingerprint density at radius 1 is 1.35 bits per heavy atom. The number of hydrogen-bond donors (Lipinski definition) is 1. The summed E-state index contributed by atoms with van der Waals surface area (Å²) in [6.45, 7) is 3.06. The maximum Gasteiger partial charge on any atom is 0.331 e. The van der Waals surface area contributed by atoms with E-state index >= 15 is 0 Å². The first-order valence-electron chi connectivity index (χ1n) is 5.77. The van der Waals surface area contributed by atoms with Gasteiger partial charge in [-0.3, -0.25) is 0 Å². The van der Waals surface area contributed by atoms with Crippen LogP contribution in [0.3, 0.4) is 0 Å². The largest absolute Gasteiger partial charge is 0.479 e. The molecule has 0 saturated carbocycles. The number of aliphatic carboxylic acids is 1. The van der Waals surface area contributed by atoms with Crippen LogP contribution in [0.1, 0.15) is 25.2 Å². The summed E-state index contributed by atoms with van der Waals surface area (Å²) in [7, 11) is 0. The topological polar surface area (TPSA) is 80.9 Å². The molecule has 106 valence electrons. The summed E-state index contributed by atoms with van der Waals surface area (Å²) in [5, 5.41) is 21.3. The third-order valence-electron chi connectivity index (χ3n) is 2.93. The van der Waals surface area contributed by atoms with Gasteiger partial charge in [0.15, 0.2) is 11.4 Å². The van der Waals surface area contributed by atoms with Gasteiger partial charge in [-0.15, -0.1) is 5.10 Å². The summed E-state index contributed by atoms with van der Waals surface area (Å²) in [6, 6.07) is 5.17. The maximum atomic E-state index is 11.3. The van der Waals surface area contributed by atoms with E-state index in [-0.39, 0.29) is 0 Å². The molecule has 20 heavy (non-hydrogen) atoms. The predicted molar refractivity (Wildman–Crippen MR) is 74.0 cm³/mol. The fourth-order valence-corrected chi connectivity index (χ4v) is 1.99. The second-order valence-electron chi connectivity index (χ2n) is 4.80. The van der Waals surface area contributed by atoms with E-state index in [0.717, 1.165) is 5.56 Å². The first-order valence-corrected chi connectivity index (χ1v) is 6.53. The Hall–Kier alpha value is -1.66. The highest BCUT2D eigenvalue weighted by Gasteiger charge is 2.33. The predicted octanol–water partition coefficient (Wildman–Crippen LogP) is 2.39. The second kappa shape index (κ2) is 5.38. The first kappa shape index (κ1) is 14.7. The van der Waals surface area contributed by atoms with E-state index in [1.165, 1.54) is 18.5 Å². The van der Waals surface area contributed by atoms with Gasteiger partial charge in [0.1, 0.15) is 0 Å². The number of rotatable bonds is 4. The van der Waals surface area contributed by atoms with Crippen LogP contribution in [-0.2, 0) is 16.8 Å². The SMILES string of the molecule is CC(C)(C(=O)O)n1nnnc1Cc1ccc(Cl)c(Cl)c1. The van der Waals surface area contributed by atoms with Crippen LogP contribution in [-0.4, -0.2) is 31.3 Å². The highest BCUT2D eigenvalue weighted by molar-refractivity contribution is 6.42. The maximum absolute atomic E-state index is 11.3. The Morgan fingerprint density at radius 3 is 2.65 bits per heavy atom. The molecule has 0 aliphatic carbocycles. The molecule has 2 rings (SSSR count). The van der Waals surface area contributed by atoms with Crippen molar-refractivity contribution in [2.24, 2.45) is 0 Å². The number of carboxylic acids is 1. The molecule has 0 fully saturated rings. The lowest BCUT2D eigenvalue weighted by molar-refractivity contribution is -0.146. The Kier molecular flexibility index (Phi) is 3.96. The molecule has 0 aliphatic heterocycles. The molecule has 0 atom stereocenters. The Balaban J connectivity index is 2.34. The fraction of sp³-hybridized carbons (Fsp3) is 0.333. The third-order valence-corrected chi connectivity index (χ3v) is 3.67. The van der Waals surface area contributed by atoms with Gasteiger partial charge in [-0.2, -0.15) is 0 Å². The monoisotopic (exact) mass is 314 g/mol. The summed E-state index contributed by atoms with van der Waals surface area (Å²) in [5.41, 5.74) is -0.383. The molecule has 0 unspecified atom stereocenters.